The summed E-state index contributed by atoms with van der Waals surface area (Å²) in [6, 6.07) is 14.9. The third-order valence-electron chi connectivity index (χ3n) is 3.66. The molecule has 0 atom stereocenters. The van der Waals surface area contributed by atoms with Gasteiger partial charge in [0, 0.05) is 23.8 Å². The predicted octanol–water partition coefficient (Wildman–Crippen LogP) is 3.11. The number of rotatable bonds is 7. The Hall–Kier alpha value is -2.99. The summed E-state index contributed by atoms with van der Waals surface area (Å²) >= 11 is 5.98. The summed E-state index contributed by atoms with van der Waals surface area (Å²) in [6.45, 7) is 1.02. The standard InChI is InChI=1S/C19H18ClN5O/c20-15-5-3-4-14(10-15)7-9-22-18-11-17(24-13-25-18)19(26)23-12-16-6-1-2-8-21-16/h1-6,8,10-11,13H,7,9,12H2,(H,23,26)(H,22,24,25). The number of anilines is 1. The van der Waals surface area contributed by atoms with E-state index in [-0.39, 0.29) is 5.91 Å². The molecule has 0 bridgehead atoms. The van der Waals surface area contributed by atoms with Gasteiger partial charge in [-0.25, -0.2) is 9.97 Å². The quantitative estimate of drug-likeness (QED) is 0.670. The lowest BCUT2D eigenvalue weighted by molar-refractivity contribution is 0.0945. The van der Waals surface area contributed by atoms with Crippen molar-refractivity contribution in [2.24, 2.45) is 0 Å². The first-order chi connectivity index (χ1) is 12.7. The molecule has 2 aromatic heterocycles. The fourth-order valence-electron chi connectivity index (χ4n) is 2.37. The number of halogens is 1. The van der Waals surface area contributed by atoms with E-state index in [2.05, 4.69) is 25.6 Å². The van der Waals surface area contributed by atoms with Crippen LogP contribution in [0.3, 0.4) is 0 Å². The Morgan fingerprint density at radius 3 is 2.77 bits per heavy atom. The van der Waals surface area contributed by atoms with Crippen LogP contribution in [0, 0.1) is 0 Å². The van der Waals surface area contributed by atoms with E-state index < -0.39 is 0 Å². The predicted molar refractivity (Wildman–Crippen MR) is 101 cm³/mol. The maximum absolute atomic E-state index is 12.2. The van der Waals surface area contributed by atoms with Crippen LogP contribution in [0.1, 0.15) is 21.7 Å². The molecule has 0 aliphatic heterocycles. The fourth-order valence-corrected chi connectivity index (χ4v) is 2.58. The molecule has 3 aromatic rings. The molecule has 0 fully saturated rings. The van der Waals surface area contributed by atoms with E-state index in [1.165, 1.54) is 6.33 Å². The van der Waals surface area contributed by atoms with Crippen LogP contribution in [-0.4, -0.2) is 27.4 Å². The monoisotopic (exact) mass is 367 g/mol. The minimum atomic E-state index is -0.268. The summed E-state index contributed by atoms with van der Waals surface area (Å²) in [5.41, 5.74) is 2.23. The zero-order chi connectivity index (χ0) is 18.2. The van der Waals surface area contributed by atoms with Crippen LogP contribution >= 0.6 is 11.6 Å². The smallest absolute Gasteiger partial charge is 0.270 e. The van der Waals surface area contributed by atoms with Crippen molar-refractivity contribution in [3.63, 3.8) is 0 Å². The number of hydrogen-bond acceptors (Lipinski definition) is 5. The number of carbonyl (C=O) groups is 1. The van der Waals surface area contributed by atoms with E-state index in [0.29, 0.717) is 24.6 Å². The number of nitrogens with one attached hydrogen (secondary N) is 2. The van der Waals surface area contributed by atoms with Crippen LogP contribution < -0.4 is 10.6 Å². The van der Waals surface area contributed by atoms with E-state index in [1.807, 2.05) is 42.5 Å². The van der Waals surface area contributed by atoms with Gasteiger partial charge in [0.15, 0.2) is 0 Å². The van der Waals surface area contributed by atoms with E-state index >= 15 is 0 Å². The lowest BCUT2D eigenvalue weighted by Crippen LogP contribution is -2.24. The SMILES string of the molecule is O=C(NCc1ccccn1)c1cc(NCCc2cccc(Cl)c2)ncn1. The molecule has 26 heavy (non-hydrogen) atoms. The Morgan fingerprint density at radius 2 is 1.96 bits per heavy atom. The molecule has 7 heteroatoms. The van der Waals surface area contributed by atoms with Gasteiger partial charge in [-0.05, 0) is 36.2 Å². The molecule has 2 N–H and O–H groups in total. The zero-order valence-electron chi connectivity index (χ0n) is 14.0. The number of carbonyl (C=O) groups excluding carboxylic acids is 1. The largest absolute Gasteiger partial charge is 0.370 e. The van der Waals surface area contributed by atoms with Crippen LogP contribution in [-0.2, 0) is 13.0 Å². The van der Waals surface area contributed by atoms with Crippen molar-refractivity contribution in [1.29, 1.82) is 0 Å². The molecule has 3 rings (SSSR count). The highest BCUT2D eigenvalue weighted by molar-refractivity contribution is 6.30. The minimum absolute atomic E-state index is 0.268. The van der Waals surface area contributed by atoms with Gasteiger partial charge < -0.3 is 10.6 Å². The Labute approximate surface area is 156 Å². The lowest BCUT2D eigenvalue weighted by atomic mass is 10.1. The summed E-state index contributed by atoms with van der Waals surface area (Å²) < 4.78 is 0. The van der Waals surface area contributed by atoms with Crippen molar-refractivity contribution < 1.29 is 4.79 Å². The first kappa shape index (κ1) is 17.8. The molecule has 1 amide bonds. The van der Waals surface area contributed by atoms with Crippen LogP contribution in [0.5, 0.6) is 0 Å². The molecule has 0 saturated carbocycles. The first-order valence-corrected chi connectivity index (χ1v) is 8.57. The maximum Gasteiger partial charge on any atom is 0.270 e. The Bertz CT molecular complexity index is 873. The van der Waals surface area contributed by atoms with Gasteiger partial charge in [0.1, 0.15) is 17.8 Å². The van der Waals surface area contributed by atoms with Gasteiger partial charge in [0.2, 0.25) is 0 Å². The van der Waals surface area contributed by atoms with Gasteiger partial charge in [0.05, 0.1) is 12.2 Å². The molecule has 6 nitrogen and oxygen atoms in total. The second-order valence-electron chi connectivity index (χ2n) is 5.60. The Morgan fingerprint density at radius 1 is 1.04 bits per heavy atom. The number of aromatic nitrogens is 3. The first-order valence-electron chi connectivity index (χ1n) is 8.19. The van der Waals surface area contributed by atoms with Crippen LogP contribution in [0.15, 0.2) is 61.1 Å². The molecule has 0 saturated heterocycles. The number of hydrogen-bond donors (Lipinski definition) is 2. The van der Waals surface area contributed by atoms with Crippen molar-refractivity contribution in [3.8, 4) is 0 Å². The molecule has 0 aliphatic rings. The average molecular weight is 368 g/mol. The Balaban J connectivity index is 1.53. The molecule has 0 spiro atoms. The topological polar surface area (TPSA) is 79.8 Å². The van der Waals surface area contributed by atoms with Crippen molar-refractivity contribution in [2.45, 2.75) is 13.0 Å². The molecule has 2 heterocycles. The van der Waals surface area contributed by atoms with Crippen LogP contribution in [0.4, 0.5) is 5.82 Å². The molecule has 132 valence electrons. The van der Waals surface area contributed by atoms with E-state index in [4.69, 9.17) is 11.6 Å². The van der Waals surface area contributed by atoms with Crippen molar-refractivity contribution in [1.82, 2.24) is 20.3 Å². The minimum Gasteiger partial charge on any atom is -0.370 e. The van der Waals surface area contributed by atoms with Gasteiger partial charge in [-0.2, -0.15) is 0 Å². The molecule has 0 unspecified atom stereocenters. The highest BCUT2D eigenvalue weighted by Gasteiger charge is 2.08. The number of benzene rings is 1. The normalized spacial score (nSPS) is 10.3. The molecule has 1 aromatic carbocycles. The molecule has 0 aliphatic carbocycles. The summed E-state index contributed by atoms with van der Waals surface area (Å²) in [7, 11) is 0. The van der Waals surface area contributed by atoms with Gasteiger partial charge in [-0.3, -0.25) is 9.78 Å². The van der Waals surface area contributed by atoms with E-state index in [1.54, 1.807) is 12.3 Å². The van der Waals surface area contributed by atoms with E-state index in [0.717, 1.165) is 22.7 Å². The third kappa shape index (κ3) is 5.26. The zero-order valence-corrected chi connectivity index (χ0v) is 14.8. The third-order valence-corrected chi connectivity index (χ3v) is 3.90. The van der Waals surface area contributed by atoms with Gasteiger partial charge in [0.25, 0.3) is 5.91 Å². The van der Waals surface area contributed by atoms with Gasteiger partial charge in [-0.15, -0.1) is 0 Å². The van der Waals surface area contributed by atoms with Crippen molar-refractivity contribution >= 4 is 23.3 Å². The molecular weight excluding hydrogens is 350 g/mol. The fraction of sp³-hybridized carbons (Fsp3) is 0.158. The number of pyridine rings is 1. The second kappa shape index (κ2) is 8.92. The van der Waals surface area contributed by atoms with E-state index in [9.17, 15) is 4.79 Å². The van der Waals surface area contributed by atoms with Gasteiger partial charge in [-0.1, -0.05) is 29.8 Å². The summed E-state index contributed by atoms with van der Waals surface area (Å²) in [5, 5.41) is 6.71. The lowest BCUT2D eigenvalue weighted by Gasteiger charge is -2.08. The highest BCUT2D eigenvalue weighted by Crippen LogP contribution is 2.11. The maximum atomic E-state index is 12.2. The summed E-state index contributed by atoms with van der Waals surface area (Å²) in [4.78, 5) is 24.6. The van der Waals surface area contributed by atoms with Gasteiger partial charge >= 0.3 is 0 Å². The summed E-state index contributed by atoms with van der Waals surface area (Å²) in [5.74, 6) is 0.334. The van der Waals surface area contributed by atoms with Crippen LogP contribution in [0.2, 0.25) is 5.02 Å². The Kier molecular flexibility index (Phi) is 6.11. The second-order valence-corrected chi connectivity index (χ2v) is 6.04. The number of nitrogens with zero attached hydrogens (tertiary/aromatic N) is 3. The number of amides is 1. The summed E-state index contributed by atoms with van der Waals surface area (Å²) in [6.07, 6.45) is 3.86. The van der Waals surface area contributed by atoms with Crippen LogP contribution in [0.25, 0.3) is 0 Å². The van der Waals surface area contributed by atoms with Crippen molar-refractivity contribution in [3.05, 3.63) is 83.0 Å². The molecule has 0 radical (unpaired) electrons. The van der Waals surface area contributed by atoms with Crippen molar-refractivity contribution in [2.75, 3.05) is 11.9 Å². The highest BCUT2D eigenvalue weighted by atomic mass is 35.5. The molecular formula is C19H18ClN5O. The average Bonchev–Trinajstić information content (AvgIpc) is 2.67.